The van der Waals surface area contributed by atoms with Gasteiger partial charge in [0.2, 0.25) is 0 Å². The normalized spacial score (nSPS) is 7.40. The van der Waals surface area contributed by atoms with Gasteiger partial charge in [0.25, 0.3) is 0 Å². The van der Waals surface area contributed by atoms with E-state index in [0.717, 1.165) is 5.75 Å². The Morgan fingerprint density at radius 3 is 1.70 bits per heavy atom. The van der Waals surface area contributed by atoms with Crippen LogP contribution in [0.15, 0.2) is 4.40 Å². The second-order valence-corrected chi connectivity index (χ2v) is 1.83. The average Bonchev–Trinajstić information content (AvgIpc) is 2.08. The predicted octanol–water partition coefficient (Wildman–Crippen LogP) is 3.80. The van der Waals surface area contributed by atoms with Gasteiger partial charge in [-0.15, -0.1) is 0 Å². The molecule has 0 aromatic carbocycles. The zero-order valence-corrected chi connectivity index (χ0v) is 8.96. The van der Waals surface area contributed by atoms with Crippen molar-refractivity contribution in [3.8, 4) is 0 Å². The van der Waals surface area contributed by atoms with Crippen molar-refractivity contribution in [3.05, 3.63) is 0 Å². The number of hydrogen-bond acceptors (Lipinski definition) is 2. The third-order valence-corrected chi connectivity index (χ3v) is 0.927. The molecule has 0 saturated heterocycles. The van der Waals surface area contributed by atoms with Crippen LogP contribution in [0.3, 0.4) is 0 Å². The number of nitrogens with zero attached hydrogens (tertiary/aromatic N) is 1. The Balaban J connectivity index is -0.000000105. The molecule has 0 atom stereocenters. The summed E-state index contributed by atoms with van der Waals surface area (Å²) >= 11 is 1.58. The zero-order chi connectivity index (χ0) is 8.83. The minimum Gasteiger partial charge on any atom is -0.229 e. The van der Waals surface area contributed by atoms with Crippen molar-refractivity contribution in [2.75, 3.05) is 5.75 Å². The summed E-state index contributed by atoms with van der Waals surface area (Å²) in [6.07, 6.45) is 1.80. The maximum atomic E-state index is 3.88. The van der Waals surface area contributed by atoms with E-state index < -0.39 is 0 Å². The van der Waals surface area contributed by atoms with Crippen LogP contribution < -0.4 is 0 Å². The lowest BCUT2D eigenvalue weighted by Crippen LogP contribution is -1.57. The first-order valence-electron chi connectivity index (χ1n) is 4.01. The van der Waals surface area contributed by atoms with Gasteiger partial charge in [-0.3, -0.25) is 0 Å². The van der Waals surface area contributed by atoms with Gasteiger partial charge >= 0.3 is 0 Å². The molecule has 0 radical (unpaired) electrons. The molecule has 2 heteroatoms. The third kappa shape index (κ3) is 43.3. The molecule has 0 saturated carbocycles. The fraction of sp³-hybridized carbons (Fsp3) is 0.875. The minimum atomic E-state index is 1.07. The van der Waals surface area contributed by atoms with Crippen LogP contribution in [-0.4, -0.2) is 12.0 Å². The molecule has 1 nitrogen and oxygen atoms in total. The molecule has 0 unspecified atom stereocenters. The second-order valence-electron chi connectivity index (χ2n) is 0.781. The Bertz CT molecular complexity index is 44.5. The molecule has 0 aromatic heterocycles. The molecule has 10 heavy (non-hydrogen) atoms. The maximum absolute atomic E-state index is 3.88. The molecule has 0 rings (SSSR count). The molecule has 0 aromatic rings. The first-order chi connectivity index (χ1) is 4.91. The largest absolute Gasteiger partial charge is 0.229 e. The Morgan fingerprint density at radius 2 is 1.60 bits per heavy atom. The van der Waals surface area contributed by atoms with E-state index in [1.54, 1.807) is 18.2 Å². The summed E-state index contributed by atoms with van der Waals surface area (Å²) in [4.78, 5) is 0. The molecule has 0 aliphatic rings. The monoisotopic (exact) mass is 163 g/mol. The van der Waals surface area contributed by atoms with Crippen molar-refractivity contribution in [2.45, 2.75) is 41.5 Å². The number of hydrogen-bond donors (Lipinski definition) is 0. The van der Waals surface area contributed by atoms with Crippen LogP contribution in [0.25, 0.3) is 0 Å². The summed E-state index contributed by atoms with van der Waals surface area (Å²) in [5.41, 5.74) is 0. The van der Waals surface area contributed by atoms with E-state index in [-0.39, 0.29) is 0 Å². The first kappa shape index (κ1) is 16.5. The first-order valence-corrected chi connectivity index (χ1v) is 4.96. The van der Waals surface area contributed by atoms with Crippen molar-refractivity contribution < 1.29 is 0 Å². The van der Waals surface area contributed by atoms with Crippen LogP contribution in [0.2, 0.25) is 0 Å². The van der Waals surface area contributed by atoms with E-state index in [9.17, 15) is 0 Å². The van der Waals surface area contributed by atoms with E-state index in [0.29, 0.717) is 0 Å². The summed E-state index contributed by atoms with van der Waals surface area (Å²) < 4.78 is 3.88. The van der Waals surface area contributed by atoms with Gasteiger partial charge in [0.1, 0.15) is 0 Å². The highest BCUT2D eigenvalue weighted by Gasteiger charge is 1.65. The van der Waals surface area contributed by atoms with Gasteiger partial charge in [-0.25, -0.2) is 4.40 Å². The van der Waals surface area contributed by atoms with Gasteiger partial charge in [-0.05, 0) is 18.9 Å². The predicted molar refractivity (Wildman–Crippen MR) is 55.0 cm³/mol. The SMILES string of the molecule is C/C=N\SCC.CC.CC. The van der Waals surface area contributed by atoms with E-state index in [1.165, 1.54) is 0 Å². The molecule has 0 aliphatic heterocycles. The Hall–Kier alpha value is 0.0200. The van der Waals surface area contributed by atoms with Crippen LogP contribution in [0.1, 0.15) is 41.5 Å². The van der Waals surface area contributed by atoms with Gasteiger partial charge in [-0.1, -0.05) is 34.6 Å². The van der Waals surface area contributed by atoms with Gasteiger partial charge in [0.15, 0.2) is 0 Å². The maximum Gasteiger partial charge on any atom is 0.0124 e. The Kier molecular flexibility index (Phi) is 59.4. The lowest BCUT2D eigenvalue weighted by Gasteiger charge is -1.76. The summed E-state index contributed by atoms with van der Waals surface area (Å²) in [6.45, 7) is 12.0. The van der Waals surface area contributed by atoms with Crippen LogP contribution in [-0.2, 0) is 0 Å². The lowest BCUT2D eigenvalue weighted by molar-refractivity contribution is 1.50. The quantitative estimate of drug-likeness (QED) is 0.445. The van der Waals surface area contributed by atoms with Crippen LogP contribution in [0.4, 0.5) is 0 Å². The molecule has 0 amide bonds. The fourth-order valence-corrected chi connectivity index (χ4v) is 0.447. The zero-order valence-electron chi connectivity index (χ0n) is 8.14. The molecule has 0 heterocycles. The van der Waals surface area contributed by atoms with E-state index >= 15 is 0 Å². The summed E-state index contributed by atoms with van der Waals surface area (Å²) in [5, 5.41) is 0. The van der Waals surface area contributed by atoms with Gasteiger partial charge < -0.3 is 0 Å². The standard InChI is InChI=1S/C4H9NS.2C2H6/c1-3-5-6-4-2;2*1-2/h3H,4H2,1-2H3;2*1-2H3/b5-3-;;. The molecular weight excluding hydrogens is 142 g/mol. The van der Waals surface area contributed by atoms with Crippen molar-refractivity contribution in [2.24, 2.45) is 4.40 Å². The second kappa shape index (κ2) is 35.9. The van der Waals surface area contributed by atoms with Crippen molar-refractivity contribution in [1.82, 2.24) is 0 Å². The number of rotatable bonds is 2. The van der Waals surface area contributed by atoms with Crippen LogP contribution in [0.5, 0.6) is 0 Å². The van der Waals surface area contributed by atoms with Crippen molar-refractivity contribution in [1.29, 1.82) is 0 Å². The highest BCUT2D eigenvalue weighted by molar-refractivity contribution is 7.98. The Morgan fingerprint density at radius 1 is 1.20 bits per heavy atom. The van der Waals surface area contributed by atoms with Gasteiger partial charge in [0.05, 0.1) is 0 Å². The molecule has 0 aliphatic carbocycles. The molecule has 0 N–H and O–H groups in total. The Labute approximate surface area is 70.5 Å². The summed E-state index contributed by atoms with van der Waals surface area (Å²) in [5.74, 6) is 1.07. The molecular formula is C8H21NS. The van der Waals surface area contributed by atoms with Crippen molar-refractivity contribution in [3.63, 3.8) is 0 Å². The fourth-order valence-electron chi connectivity index (χ4n) is 0.149. The lowest BCUT2D eigenvalue weighted by atomic mass is 10.9. The van der Waals surface area contributed by atoms with E-state index in [1.807, 2.05) is 34.6 Å². The molecule has 0 spiro atoms. The summed E-state index contributed by atoms with van der Waals surface area (Å²) in [7, 11) is 0. The smallest absolute Gasteiger partial charge is 0.0124 e. The molecule has 0 bridgehead atoms. The van der Waals surface area contributed by atoms with E-state index in [4.69, 9.17) is 0 Å². The molecule has 64 valence electrons. The third-order valence-electron chi connectivity index (χ3n) is 0.309. The van der Waals surface area contributed by atoms with Crippen molar-refractivity contribution >= 4 is 18.2 Å². The average molecular weight is 163 g/mol. The summed E-state index contributed by atoms with van der Waals surface area (Å²) in [6, 6.07) is 0. The van der Waals surface area contributed by atoms with Gasteiger partial charge in [-0.2, -0.15) is 0 Å². The highest BCUT2D eigenvalue weighted by Crippen LogP contribution is 1.95. The molecule has 0 fully saturated rings. The van der Waals surface area contributed by atoms with Gasteiger partial charge in [0, 0.05) is 12.0 Å². The minimum absolute atomic E-state index is 1.07. The van der Waals surface area contributed by atoms with E-state index in [2.05, 4.69) is 11.3 Å². The van der Waals surface area contributed by atoms with Crippen LogP contribution in [0, 0.1) is 0 Å². The highest BCUT2D eigenvalue weighted by atomic mass is 32.2. The topological polar surface area (TPSA) is 12.4 Å². The van der Waals surface area contributed by atoms with Crippen LogP contribution >= 0.6 is 11.9 Å².